The number of allylic oxidation sites excluding steroid dienone is 4. The van der Waals surface area contributed by atoms with E-state index in [0.717, 1.165) is 116 Å². The summed E-state index contributed by atoms with van der Waals surface area (Å²) in [5.74, 6) is -1.50. The van der Waals surface area contributed by atoms with Gasteiger partial charge >= 0.3 is 39.5 Å². The van der Waals surface area contributed by atoms with Crippen molar-refractivity contribution in [3.05, 3.63) is 24.3 Å². The number of aliphatic hydroxyl groups is 1. The number of phosphoric acid groups is 2. The molecule has 85 heavy (non-hydrogen) atoms. The van der Waals surface area contributed by atoms with Gasteiger partial charge in [-0.15, -0.1) is 0 Å². The molecule has 500 valence electrons. The first-order valence-electron chi connectivity index (χ1n) is 34.0. The van der Waals surface area contributed by atoms with Crippen molar-refractivity contribution in [3.63, 3.8) is 0 Å². The van der Waals surface area contributed by atoms with Crippen LogP contribution in [0.5, 0.6) is 0 Å². The van der Waals surface area contributed by atoms with Crippen molar-refractivity contribution in [1.82, 2.24) is 0 Å². The fourth-order valence-corrected chi connectivity index (χ4v) is 11.0. The summed E-state index contributed by atoms with van der Waals surface area (Å²) in [4.78, 5) is 72.1. The van der Waals surface area contributed by atoms with Gasteiger partial charge in [-0.3, -0.25) is 37.3 Å². The zero-order valence-electron chi connectivity index (χ0n) is 54.2. The molecule has 0 fully saturated rings. The predicted octanol–water partition coefficient (Wildman–Crippen LogP) is 18.1. The third kappa shape index (κ3) is 60.2. The van der Waals surface area contributed by atoms with Gasteiger partial charge < -0.3 is 33.8 Å². The topological polar surface area (TPSA) is 237 Å². The fraction of sp³-hybridized carbons (Fsp3) is 0.879. The Hall–Kier alpha value is -2.46. The van der Waals surface area contributed by atoms with E-state index in [1.807, 2.05) is 0 Å². The molecule has 0 aliphatic heterocycles. The predicted molar refractivity (Wildman–Crippen MR) is 340 cm³/mol. The standard InChI is InChI=1S/C66H124O17P2/c1-6-9-12-15-18-20-22-24-26-28-30-32-35-41-46-51-65(70)82-61(56-77-64(69)50-45-40-34-31-29-27-25-23-21-19-16-13-10-7-2)57-80-84(72,73)78-53-60(67)54-79-85(74,75)81-58-62(55-76-63(68)49-44-39-33-17-14-11-8-3)83-66(71)52-47-42-37-36-38-43-48-59(4)5/h20,22,24,26,59-62,67H,6-19,21,23,25,27-58H2,1-5H3,(H,72,73)(H,74,75)/b22-20-,26-24-/t60-,61-,62-/m1/s1. The highest BCUT2D eigenvalue weighted by Gasteiger charge is 2.30. The van der Waals surface area contributed by atoms with Gasteiger partial charge in [-0.25, -0.2) is 9.13 Å². The molecule has 0 saturated heterocycles. The van der Waals surface area contributed by atoms with E-state index >= 15 is 0 Å². The number of carbonyl (C=O) groups is 4. The normalized spacial score (nSPS) is 14.4. The molecule has 19 heteroatoms. The maximum absolute atomic E-state index is 13.0. The Balaban J connectivity index is 5.24. The molecular weight excluding hydrogens is 1130 g/mol. The Bertz CT molecular complexity index is 1740. The van der Waals surface area contributed by atoms with Crippen LogP contribution in [0.4, 0.5) is 0 Å². The summed E-state index contributed by atoms with van der Waals surface area (Å²) < 4.78 is 67.9. The van der Waals surface area contributed by atoms with Crippen LogP contribution >= 0.6 is 15.6 Å². The fourth-order valence-electron chi connectivity index (χ4n) is 9.40. The average molecular weight is 1250 g/mol. The van der Waals surface area contributed by atoms with Crippen LogP contribution in [-0.2, 0) is 65.4 Å². The van der Waals surface area contributed by atoms with E-state index < -0.39 is 97.5 Å². The molecule has 17 nitrogen and oxygen atoms in total. The maximum Gasteiger partial charge on any atom is 0.472 e. The second-order valence-corrected chi connectivity index (χ2v) is 26.6. The molecule has 0 aromatic heterocycles. The monoisotopic (exact) mass is 1250 g/mol. The second kappa shape index (κ2) is 59.2. The van der Waals surface area contributed by atoms with E-state index in [9.17, 15) is 43.2 Å². The van der Waals surface area contributed by atoms with Gasteiger partial charge in [-0.05, 0) is 57.3 Å². The number of unbranched alkanes of at least 4 members (excludes halogenated alkanes) is 33. The van der Waals surface area contributed by atoms with Gasteiger partial charge in [0.15, 0.2) is 12.2 Å². The largest absolute Gasteiger partial charge is 0.472 e. The lowest BCUT2D eigenvalue weighted by atomic mass is 10.0. The van der Waals surface area contributed by atoms with E-state index in [1.54, 1.807) is 0 Å². The first-order chi connectivity index (χ1) is 41.0. The average Bonchev–Trinajstić information content (AvgIpc) is 3.56. The van der Waals surface area contributed by atoms with E-state index in [-0.39, 0.29) is 25.7 Å². The minimum atomic E-state index is -4.95. The molecule has 0 aromatic carbocycles. The van der Waals surface area contributed by atoms with Crippen LogP contribution in [0.25, 0.3) is 0 Å². The number of carbonyl (C=O) groups excluding carboxylic acids is 4. The SMILES string of the molecule is CCCCCC/C=C\C=C/CCCCCCCC(=O)O[C@H](COC(=O)CCCCCCCCCCCCCCCC)COP(=O)(O)OC[C@@H](O)COP(=O)(O)OC[C@@H](COC(=O)CCCCCCCCC)OC(=O)CCCCCCCCC(C)C. The highest BCUT2D eigenvalue weighted by atomic mass is 31.2. The lowest BCUT2D eigenvalue weighted by Crippen LogP contribution is -2.30. The van der Waals surface area contributed by atoms with Gasteiger partial charge in [0.2, 0.25) is 0 Å². The summed E-state index contributed by atoms with van der Waals surface area (Å²) in [5, 5.41) is 10.5. The Morgan fingerprint density at radius 2 is 0.635 bits per heavy atom. The van der Waals surface area contributed by atoms with Crippen LogP contribution in [-0.4, -0.2) is 96.7 Å². The number of rotatable bonds is 64. The molecule has 0 spiro atoms. The van der Waals surface area contributed by atoms with E-state index in [1.165, 1.54) is 109 Å². The summed E-state index contributed by atoms with van der Waals surface area (Å²) in [6.07, 6.45) is 46.9. The molecule has 0 amide bonds. The molecule has 0 radical (unpaired) electrons. The van der Waals surface area contributed by atoms with Gasteiger partial charge in [-0.1, -0.05) is 258 Å². The Morgan fingerprint density at radius 1 is 0.365 bits per heavy atom. The van der Waals surface area contributed by atoms with Crippen LogP contribution in [0.15, 0.2) is 24.3 Å². The number of hydrogen-bond donors (Lipinski definition) is 3. The Labute approximate surface area is 516 Å². The third-order valence-electron chi connectivity index (χ3n) is 14.7. The molecule has 0 aliphatic rings. The van der Waals surface area contributed by atoms with Gasteiger partial charge in [0.05, 0.1) is 26.4 Å². The lowest BCUT2D eigenvalue weighted by molar-refractivity contribution is -0.161. The lowest BCUT2D eigenvalue weighted by Gasteiger charge is -2.21. The maximum atomic E-state index is 13.0. The highest BCUT2D eigenvalue weighted by molar-refractivity contribution is 7.47. The number of aliphatic hydroxyl groups excluding tert-OH is 1. The summed E-state index contributed by atoms with van der Waals surface area (Å²) >= 11 is 0. The molecule has 5 atom stereocenters. The quantitative estimate of drug-likeness (QED) is 0.0169. The van der Waals surface area contributed by atoms with E-state index in [4.69, 9.17) is 37.0 Å². The van der Waals surface area contributed by atoms with E-state index in [2.05, 4.69) is 58.9 Å². The van der Waals surface area contributed by atoms with E-state index in [0.29, 0.717) is 31.6 Å². The number of ether oxygens (including phenoxy) is 4. The number of esters is 4. The van der Waals surface area contributed by atoms with Crippen LogP contribution in [0.2, 0.25) is 0 Å². The highest BCUT2D eigenvalue weighted by Crippen LogP contribution is 2.45. The summed E-state index contributed by atoms with van der Waals surface area (Å²) in [6.45, 7) is 7.01. The smallest absolute Gasteiger partial charge is 0.462 e. The van der Waals surface area contributed by atoms with Crippen molar-refractivity contribution >= 4 is 39.5 Å². The van der Waals surface area contributed by atoms with Crippen LogP contribution in [0, 0.1) is 5.92 Å². The van der Waals surface area contributed by atoms with Crippen molar-refractivity contribution in [3.8, 4) is 0 Å². The molecule has 2 unspecified atom stereocenters. The van der Waals surface area contributed by atoms with Crippen molar-refractivity contribution in [2.45, 2.75) is 329 Å². The molecule has 0 aliphatic carbocycles. The first-order valence-corrected chi connectivity index (χ1v) is 36.9. The van der Waals surface area contributed by atoms with Crippen molar-refractivity contribution in [2.75, 3.05) is 39.6 Å². The van der Waals surface area contributed by atoms with Gasteiger partial charge in [0, 0.05) is 25.7 Å². The van der Waals surface area contributed by atoms with Gasteiger partial charge in [0.1, 0.15) is 19.3 Å². The third-order valence-corrected chi connectivity index (χ3v) is 16.6. The number of phosphoric ester groups is 2. The van der Waals surface area contributed by atoms with Crippen LogP contribution in [0.3, 0.4) is 0 Å². The van der Waals surface area contributed by atoms with Gasteiger partial charge in [-0.2, -0.15) is 0 Å². The minimum Gasteiger partial charge on any atom is -0.462 e. The molecule has 0 bridgehead atoms. The van der Waals surface area contributed by atoms with Crippen molar-refractivity contribution in [1.29, 1.82) is 0 Å². The first kappa shape index (κ1) is 82.5. The van der Waals surface area contributed by atoms with Gasteiger partial charge in [0.25, 0.3) is 0 Å². The molecule has 0 aromatic rings. The molecule has 3 N–H and O–H groups in total. The summed E-state index contributed by atoms with van der Waals surface area (Å²) in [7, 11) is -9.90. The Kier molecular flexibility index (Phi) is 57.5. The Morgan fingerprint density at radius 3 is 0.965 bits per heavy atom. The number of hydrogen-bond acceptors (Lipinski definition) is 15. The van der Waals surface area contributed by atoms with Crippen molar-refractivity contribution in [2.24, 2.45) is 5.92 Å². The zero-order valence-corrected chi connectivity index (χ0v) is 56.0. The molecule has 0 heterocycles. The van der Waals surface area contributed by atoms with Crippen LogP contribution in [0.1, 0.15) is 311 Å². The minimum absolute atomic E-state index is 0.0852. The molecular formula is C66H124O17P2. The van der Waals surface area contributed by atoms with Crippen LogP contribution < -0.4 is 0 Å². The molecule has 0 rings (SSSR count). The molecule has 0 saturated carbocycles. The van der Waals surface area contributed by atoms with Crippen molar-refractivity contribution < 1.29 is 80.2 Å². The summed E-state index contributed by atoms with van der Waals surface area (Å²) in [6, 6.07) is 0. The second-order valence-electron chi connectivity index (χ2n) is 23.6. The summed E-state index contributed by atoms with van der Waals surface area (Å²) in [5.41, 5.74) is 0. The zero-order chi connectivity index (χ0) is 62.8.